The fourth-order valence-electron chi connectivity index (χ4n) is 3.39. The third kappa shape index (κ3) is 2.98. The summed E-state index contributed by atoms with van der Waals surface area (Å²) in [6.45, 7) is 0. The summed E-state index contributed by atoms with van der Waals surface area (Å²) in [5, 5.41) is 11.7. The molecule has 2 saturated heterocycles. The molecule has 20 heavy (non-hydrogen) atoms. The van der Waals surface area contributed by atoms with Crippen LogP contribution in [0.5, 0.6) is 0 Å². The molecule has 2 aliphatic heterocycles. The van der Waals surface area contributed by atoms with E-state index in [-0.39, 0.29) is 0 Å². The average Bonchev–Trinajstić information content (AvgIpc) is 2.68. The molecule has 3 rings (SSSR count). The highest BCUT2D eigenvalue weighted by molar-refractivity contribution is 8.00. The Morgan fingerprint density at radius 1 is 1.20 bits per heavy atom. The van der Waals surface area contributed by atoms with Crippen LogP contribution in [-0.4, -0.2) is 21.2 Å². The zero-order valence-electron chi connectivity index (χ0n) is 11.0. The van der Waals surface area contributed by atoms with Crippen molar-refractivity contribution in [2.24, 2.45) is 0 Å². The van der Waals surface area contributed by atoms with Gasteiger partial charge in [-0.2, -0.15) is 24.9 Å². The standard InChI is InChI=1S/C15H17F3OS/c16-15(17,18)11-3-1-2-10(6-11)7-14(19)8-12-4-5-13(9-14)20-12/h1-3,6,12-13,19H,4-5,7-9H2. The summed E-state index contributed by atoms with van der Waals surface area (Å²) in [6.07, 6.45) is -0.347. The number of alkyl halides is 3. The first-order valence-electron chi connectivity index (χ1n) is 6.88. The molecule has 2 fully saturated rings. The van der Waals surface area contributed by atoms with Crippen LogP contribution in [0.3, 0.4) is 0 Å². The molecular weight excluding hydrogens is 285 g/mol. The van der Waals surface area contributed by atoms with Crippen LogP contribution in [0, 0.1) is 0 Å². The van der Waals surface area contributed by atoms with Crippen LogP contribution in [0.2, 0.25) is 0 Å². The van der Waals surface area contributed by atoms with Crippen LogP contribution in [0.4, 0.5) is 13.2 Å². The molecule has 2 aliphatic rings. The average molecular weight is 302 g/mol. The highest BCUT2D eigenvalue weighted by atomic mass is 32.2. The van der Waals surface area contributed by atoms with E-state index in [0.717, 1.165) is 18.9 Å². The van der Waals surface area contributed by atoms with Crippen molar-refractivity contribution >= 4 is 11.8 Å². The van der Waals surface area contributed by atoms with Crippen molar-refractivity contribution in [1.29, 1.82) is 0 Å². The summed E-state index contributed by atoms with van der Waals surface area (Å²) in [6, 6.07) is 5.35. The Hall–Kier alpha value is -0.680. The van der Waals surface area contributed by atoms with Crippen LogP contribution in [-0.2, 0) is 12.6 Å². The van der Waals surface area contributed by atoms with Gasteiger partial charge < -0.3 is 5.11 Å². The van der Waals surface area contributed by atoms with E-state index in [2.05, 4.69) is 0 Å². The van der Waals surface area contributed by atoms with Gasteiger partial charge >= 0.3 is 6.18 Å². The molecule has 0 saturated carbocycles. The second-order valence-electron chi connectivity index (χ2n) is 5.96. The zero-order chi connectivity index (χ0) is 14.4. The number of fused-ring (bicyclic) bond motifs is 2. The Balaban J connectivity index is 1.77. The second-order valence-corrected chi connectivity index (χ2v) is 7.57. The molecule has 0 radical (unpaired) electrons. The van der Waals surface area contributed by atoms with Crippen molar-refractivity contribution in [2.45, 2.75) is 54.4 Å². The summed E-state index contributed by atoms with van der Waals surface area (Å²) < 4.78 is 38.1. The highest BCUT2D eigenvalue weighted by Gasteiger charge is 2.43. The molecular formula is C15H17F3OS. The first kappa shape index (κ1) is 14.3. The van der Waals surface area contributed by atoms with E-state index >= 15 is 0 Å². The zero-order valence-corrected chi connectivity index (χ0v) is 11.8. The van der Waals surface area contributed by atoms with Gasteiger partial charge in [-0.1, -0.05) is 18.2 Å². The Morgan fingerprint density at radius 2 is 1.85 bits per heavy atom. The van der Waals surface area contributed by atoms with Gasteiger partial charge in [-0.3, -0.25) is 0 Å². The molecule has 0 spiro atoms. The lowest BCUT2D eigenvalue weighted by Crippen LogP contribution is -2.39. The molecule has 1 aromatic rings. The van der Waals surface area contributed by atoms with Gasteiger partial charge in [0.25, 0.3) is 0 Å². The quantitative estimate of drug-likeness (QED) is 0.890. The maximum Gasteiger partial charge on any atom is 0.416 e. The molecule has 2 unspecified atom stereocenters. The predicted octanol–water partition coefficient (Wildman–Crippen LogP) is 4.04. The number of halogens is 3. The molecule has 1 aromatic carbocycles. The minimum Gasteiger partial charge on any atom is -0.389 e. The van der Waals surface area contributed by atoms with Crippen molar-refractivity contribution in [1.82, 2.24) is 0 Å². The van der Waals surface area contributed by atoms with E-state index < -0.39 is 17.3 Å². The van der Waals surface area contributed by atoms with Crippen LogP contribution < -0.4 is 0 Å². The molecule has 5 heteroatoms. The van der Waals surface area contributed by atoms with Gasteiger partial charge in [0.05, 0.1) is 11.2 Å². The topological polar surface area (TPSA) is 20.2 Å². The minimum absolute atomic E-state index is 0.324. The maximum atomic E-state index is 12.7. The fraction of sp³-hybridized carbons (Fsp3) is 0.600. The SMILES string of the molecule is OC1(Cc2cccc(C(F)(F)F)c2)CC2CCC(C1)S2. The lowest BCUT2D eigenvalue weighted by atomic mass is 9.86. The maximum absolute atomic E-state index is 12.7. The van der Waals surface area contributed by atoms with Crippen molar-refractivity contribution < 1.29 is 18.3 Å². The van der Waals surface area contributed by atoms with Crippen molar-refractivity contribution in [3.05, 3.63) is 35.4 Å². The fourth-order valence-corrected chi connectivity index (χ4v) is 5.29. The van der Waals surface area contributed by atoms with Crippen LogP contribution in [0.25, 0.3) is 0 Å². The molecule has 0 amide bonds. The molecule has 0 aliphatic carbocycles. The van der Waals surface area contributed by atoms with Gasteiger partial charge in [-0.05, 0) is 37.3 Å². The molecule has 1 nitrogen and oxygen atoms in total. The predicted molar refractivity (Wildman–Crippen MR) is 73.7 cm³/mol. The molecule has 0 aromatic heterocycles. The Morgan fingerprint density at radius 3 is 2.45 bits per heavy atom. The summed E-state index contributed by atoms with van der Waals surface area (Å²) in [5.41, 5.74) is -0.887. The number of benzene rings is 1. The lowest BCUT2D eigenvalue weighted by Gasteiger charge is -2.36. The summed E-state index contributed by atoms with van der Waals surface area (Å²) in [4.78, 5) is 0. The third-order valence-corrected chi connectivity index (χ3v) is 5.77. The lowest BCUT2D eigenvalue weighted by molar-refractivity contribution is -0.137. The molecule has 2 bridgehead atoms. The summed E-state index contributed by atoms with van der Waals surface area (Å²) >= 11 is 1.93. The first-order chi connectivity index (χ1) is 9.34. The molecule has 110 valence electrons. The van der Waals surface area contributed by atoms with Gasteiger partial charge in [0.15, 0.2) is 0 Å². The molecule has 1 N–H and O–H groups in total. The largest absolute Gasteiger partial charge is 0.416 e. The summed E-state index contributed by atoms with van der Waals surface area (Å²) in [5.74, 6) is 0. The Labute approximate surface area is 120 Å². The molecule has 2 atom stereocenters. The van der Waals surface area contributed by atoms with Gasteiger partial charge in [0.1, 0.15) is 0 Å². The van der Waals surface area contributed by atoms with Gasteiger partial charge in [0.2, 0.25) is 0 Å². The van der Waals surface area contributed by atoms with Crippen molar-refractivity contribution in [3.63, 3.8) is 0 Å². The van der Waals surface area contributed by atoms with Crippen molar-refractivity contribution in [3.8, 4) is 0 Å². The number of aliphatic hydroxyl groups is 1. The number of hydrogen-bond donors (Lipinski definition) is 1. The smallest absolute Gasteiger partial charge is 0.389 e. The second kappa shape index (κ2) is 4.95. The van der Waals surface area contributed by atoms with E-state index in [9.17, 15) is 18.3 Å². The molecule has 2 heterocycles. The van der Waals surface area contributed by atoms with E-state index in [1.165, 1.54) is 12.1 Å². The van der Waals surface area contributed by atoms with Crippen LogP contribution in [0.15, 0.2) is 24.3 Å². The summed E-state index contributed by atoms with van der Waals surface area (Å²) in [7, 11) is 0. The van der Waals surface area contributed by atoms with Gasteiger partial charge in [0, 0.05) is 16.9 Å². The van der Waals surface area contributed by atoms with Crippen LogP contribution in [0.1, 0.15) is 36.8 Å². The number of hydrogen-bond acceptors (Lipinski definition) is 2. The number of thioether (sulfide) groups is 1. The normalized spacial score (nSPS) is 33.4. The van der Waals surface area contributed by atoms with E-state index in [4.69, 9.17) is 0 Å². The van der Waals surface area contributed by atoms with E-state index in [1.54, 1.807) is 6.07 Å². The van der Waals surface area contributed by atoms with Gasteiger partial charge in [-0.15, -0.1) is 0 Å². The number of rotatable bonds is 2. The van der Waals surface area contributed by atoms with E-state index in [0.29, 0.717) is 35.3 Å². The Bertz CT molecular complexity index is 488. The van der Waals surface area contributed by atoms with E-state index in [1.807, 2.05) is 11.8 Å². The third-order valence-electron chi connectivity index (χ3n) is 4.20. The Kier molecular flexibility index (Phi) is 3.53. The highest BCUT2D eigenvalue weighted by Crippen LogP contribution is 2.48. The minimum atomic E-state index is -4.32. The van der Waals surface area contributed by atoms with Crippen molar-refractivity contribution in [2.75, 3.05) is 0 Å². The van der Waals surface area contributed by atoms with Crippen LogP contribution >= 0.6 is 11.8 Å². The van der Waals surface area contributed by atoms with Gasteiger partial charge in [-0.25, -0.2) is 0 Å². The monoisotopic (exact) mass is 302 g/mol. The first-order valence-corrected chi connectivity index (χ1v) is 7.82.